The summed E-state index contributed by atoms with van der Waals surface area (Å²) in [5.41, 5.74) is 1.98. The molecule has 19 heavy (non-hydrogen) atoms. The summed E-state index contributed by atoms with van der Waals surface area (Å²) >= 11 is 0. The minimum absolute atomic E-state index is 0.167. The highest BCUT2D eigenvalue weighted by Crippen LogP contribution is 2.19. The molecule has 2 rings (SSSR count). The molecule has 0 spiro atoms. The Labute approximate surface area is 111 Å². The topological polar surface area (TPSA) is 64.2 Å². The molecule has 1 heterocycles. The first-order chi connectivity index (χ1) is 9.06. The van der Waals surface area contributed by atoms with Crippen molar-refractivity contribution in [2.45, 2.75) is 13.1 Å². The van der Waals surface area contributed by atoms with Crippen molar-refractivity contribution in [1.82, 2.24) is 14.7 Å². The summed E-state index contributed by atoms with van der Waals surface area (Å²) in [4.78, 5) is 12.6. The van der Waals surface area contributed by atoms with E-state index in [0.717, 1.165) is 11.1 Å². The van der Waals surface area contributed by atoms with Gasteiger partial charge in [0.15, 0.2) is 0 Å². The molecule has 2 aromatic rings. The first-order valence-corrected chi connectivity index (χ1v) is 5.94. The van der Waals surface area contributed by atoms with Crippen LogP contribution in [0.25, 0.3) is 0 Å². The highest BCUT2D eigenvalue weighted by Gasteiger charge is 2.14. The number of nitrogens with zero attached hydrogens (tertiary/aromatic N) is 4. The van der Waals surface area contributed by atoms with Gasteiger partial charge in [-0.1, -0.05) is 18.2 Å². The molecule has 0 radical (unpaired) electrons. The molecule has 0 fully saturated rings. The minimum Gasteiger partial charge on any atom is -0.297 e. The lowest BCUT2D eigenvalue weighted by Gasteiger charge is -2.15. The number of benzene rings is 1. The smallest absolute Gasteiger partial charge is 0.273 e. The Bertz CT molecular complexity index is 580. The first-order valence-electron chi connectivity index (χ1n) is 5.94. The van der Waals surface area contributed by atoms with Crippen LogP contribution in [-0.4, -0.2) is 26.7 Å². The van der Waals surface area contributed by atoms with Crippen molar-refractivity contribution in [1.29, 1.82) is 0 Å². The summed E-state index contributed by atoms with van der Waals surface area (Å²) in [6.07, 6.45) is 3.74. The lowest BCUT2D eigenvalue weighted by molar-refractivity contribution is -0.385. The second kappa shape index (κ2) is 5.62. The van der Waals surface area contributed by atoms with Crippen LogP contribution < -0.4 is 0 Å². The van der Waals surface area contributed by atoms with Crippen LogP contribution in [0.2, 0.25) is 0 Å². The van der Waals surface area contributed by atoms with Crippen LogP contribution in [0, 0.1) is 10.1 Å². The molecule has 0 unspecified atom stereocenters. The zero-order valence-corrected chi connectivity index (χ0v) is 11.0. The van der Waals surface area contributed by atoms with Crippen LogP contribution >= 0.6 is 0 Å². The minimum atomic E-state index is -0.340. The van der Waals surface area contributed by atoms with E-state index in [-0.39, 0.29) is 10.6 Å². The van der Waals surface area contributed by atoms with E-state index in [4.69, 9.17) is 0 Å². The van der Waals surface area contributed by atoms with Gasteiger partial charge < -0.3 is 0 Å². The average Bonchev–Trinajstić information content (AvgIpc) is 2.75. The molecule has 1 aromatic carbocycles. The number of nitro benzene ring substituents is 1. The molecule has 0 saturated carbocycles. The SMILES string of the molecule is CN(Cc1cnn(C)c1)Cc1ccccc1[N+](=O)[O-]. The third kappa shape index (κ3) is 3.38. The fourth-order valence-corrected chi connectivity index (χ4v) is 2.03. The molecule has 0 bridgehead atoms. The van der Waals surface area contributed by atoms with E-state index in [1.807, 2.05) is 31.3 Å². The van der Waals surface area contributed by atoms with Gasteiger partial charge in [0.1, 0.15) is 0 Å². The predicted octanol–water partition coefficient (Wildman–Crippen LogP) is 1.96. The van der Waals surface area contributed by atoms with Gasteiger partial charge in [0.2, 0.25) is 0 Å². The highest BCUT2D eigenvalue weighted by atomic mass is 16.6. The molecule has 0 amide bonds. The molecular weight excluding hydrogens is 244 g/mol. The van der Waals surface area contributed by atoms with Gasteiger partial charge in [-0.15, -0.1) is 0 Å². The summed E-state index contributed by atoms with van der Waals surface area (Å²) in [5.74, 6) is 0. The largest absolute Gasteiger partial charge is 0.297 e. The maximum Gasteiger partial charge on any atom is 0.273 e. The molecule has 0 aliphatic rings. The molecule has 0 saturated heterocycles. The molecular formula is C13H16N4O2. The number of rotatable bonds is 5. The van der Waals surface area contributed by atoms with Crippen LogP contribution in [0.1, 0.15) is 11.1 Å². The van der Waals surface area contributed by atoms with Gasteiger partial charge in [-0.2, -0.15) is 5.10 Å². The van der Waals surface area contributed by atoms with Crippen LogP contribution in [0.4, 0.5) is 5.69 Å². The zero-order chi connectivity index (χ0) is 13.8. The van der Waals surface area contributed by atoms with Gasteiger partial charge in [0.05, 0.1) is 11.1 Å². The summed E-state index contributed by atoms with van der Waals surface area (Å²) in [6.45, 7) is 1.24. The number of hydrogen-bond acceptors (Lipinski definition) is 4. The monoisotopic (exact) mass is 260 g/mol. The second-order valence-electron chi connectivity index (χ2n) is 4.58. The van der Waals surface area contributed by atoms with Crippen molar-refractivity contribution in [2.24, 2.45) is 7.05 Å². The highest BCUT2D eigenvalue weighted by molar-refractivity contribution is 5.39. The average molecular weight is 260 g/mol. The Hall–Kier alpha value is -2.21. The van der Waals surface area contributed by atoms with Crippen LogP contribution in [-0.2, 0) is 20.1 Å². The van der Waals surface area contributed by atoms with Crippen molar-refractivity contribution >= 4 is 5.69 Å². The Balaban J connectivity index is 2.06. The maximum absolute atomic E-state index is 10.9. The number of aryl methyl sites for hydroxylation is 1. The summed E-state index contributed by atoms with van der Waals surface area (Å²) in [7, 11) is 3.80. The van der Waals surface area contributed by atoms with Gasteiger partial charge in [0.25, 0.3) is 5.69 Å². The van der Waals surface area contributed by atoms with Crippen molar-refractivity contribution in [3.8, 4) is 0 Å². The zero-order valence-electron chi connectivity index (χ0n) is 11.0. The van der Waals surface area contributed by atoms with Crippen LogP contribution in [0.15, 0.2) is 36.7 Å². The van der Waals surface area contributed by atoms with Gasteiger partial charge in [-0.3, -0.25) is 19.7 Å². The standard InChI is InChI=1S/C13H16N4O2/c1-15(8-11-7-14-16(2)9-11)10-12-5-3-4-6-13(12)17(18)19/h3-7,9H,8,10H2,1-2H3. The van der Waals surface area contributed by atoms with Crippen LogP contribution in [0.5, 0.6) is 0 Å². The number of nitro groups is 1. The third-order valence-corrected chi connectivity index (χ3v) is 2.84. The van der Waals surface area contributed by atoms with Crippen molar-refractivity contribution in [2.75, 3.05) is 7.05 Å². The van der Waals surface area contributed by atoms with Gasteiger partial charge in [-0.05, 0) is 7.05 Å². The van der Waals surface area contributed by atoms with Crippen molar-refractivity contribution in [3.63, 3.8) is 0 Å². The normalized spacial score (nSPS) is 10.9. The maximum atomic E-state index is 10.9. The van der Waals surface area contributed by atoms with E-state index in [1.54, 1.807) is 23.0 Å². The van der Waals surface area contributed by atoms with E-state index < -0.39 is 0 Å². The van der Waals surface area contributed by atoms with Crippen molar-refractivity contribution < 1.29 is 4.92 Å². The van der Waals surface area contributed by atoms with Crippen LogP contribution in [0.3, 0.4) is 0 Å². The fraction of sp³-hybridized carbons (Fsp3) is 0.308. The first kappa shape index (κ1) is 13.2. The van der Waals surface area contributed by atoms with E-state index in [2.05, 4.69) is 5.10 Å². The number of hydrogen-bond donors (Lipinski definition) is 0. The van der Waals surface area contributed by atoms with Crippen molar-refractivity contribution in [3.05, 3.63) is 57.9 Å². The molecule has 1 aromatic heterocycles. The Morgan fingerprint density at radius 1 is 1.37 bits per heavy atom. The fourth-order valence-electron chi connectivity index (χ4n) is 2.03. The predicted molar refractivity (Wildman–Crippen MR) is 71.5 cm³/mol. The Morgan fingerprint density at radius 3 is 2.74 bits per heavy atom. The molecule has 0 aliphatic carbocycles. The number of aromatic nitrogens is 2. The molecule has 0 atom stereocenters. The summed E-state index contributed by atoms with van der Waals surface area (Å²) < 4.78 is 1.74. The lowest BCUT2D eigenvalue weighted by Crippen LogP contribution is -2.17. The van der Waals surface area contributed by atoms with Gasteiger partial charge >= 0.3 is 0 Å². The molecule has 100 valence electrons. The molecule has 6 heteroatoms. The Kier molecular flexibility index (Phi) is 3.91. The van der Waals surface area contributed by atoms with Gasteiger partial charge in [0, 0.05) is 43.5 Å². The van der Waals surface area contributed by atoms with E-state index in [1.165, 1.54) is 6.07 Å². The van der Waals surface area contributed by atoms with E-state index >= 15 is 0 Å². The van der Waals surface area contributed by atoms with E-state index in [9.17, 15) is 10.1 Å². The lowest BCUT2D eigenvalue weighted by atomic mass is 10.1. The second-order valence-corrected chi connectivity index (χ2v) is 4.58. The quantitative estimate of drug-likeness (QED) is 0.609. The molecule has 0 N–H and O–H groups in total. The summed E-state index contributed by atoms with van der Waals surface area (Å²) in [5, 5.41) is 15.0. The number of para-hydroxylation sites is 1. The molecule has 6 nitrogen and oxygen atoms in total. The van der Waals surface area contributed by atoms with Gasteiger partial charge in [-0.25, -0.2) is 0 Å². The Morgan fingerprint density at radius 2 is 2.11 bits per heavy atom. The third-order valence-electron chi connectivity index (χ3n) is 2.84. The molecule has 0 aliphatic heterocycles. The summed E-state index contributed by atoms with van der Waals surface area (Å²) in [6, 6.07) is 6.83. The van der Waals surface area contributed by atoms with E-state index in [0.29, 0.717) is 13.1 Å².